The number of rotatable bonds is 6. The summed E-state index contributed by atoms with van der Waals surface area (Å²) in [6.07, 6.45) is 0.965. The molecular weight excluding hydrogens is 286 g/mol. The fourth-order valence-corrected chi connectivity index (χ4v) is 2.38. The molecule has 0 saturated heterocycles. The number of para-hydroxylation sites is 2. The van der Waals surface area contributed by atoms with Crippen LogP contribution >= 0.6 is 0 Å². The van der Waals surface area contributed by atoms with E-state index in [-0.39, 0.29) is 5.91 Å². The maximum absolute atomic E-state index is 12.6. The Morgan fingerprint density at radius 2 is 1.70 bits per heavy atom. The molecule has 0 aliphatic rings. The van der Waals surface area contributed by atoms with Crippen molar-refractivity contribution in [2.75, 3.05) is 11.9 Å². The topological polar surface area (TPSA) is 38.3 Å². The number of benzene rings is 2. The standard InChI is InChI=1S/C20H25NO2/c1-14(2)12-13-23-18-11-6-5-10-17(18)20(22)21-19-15(3)8-7-9-16(19)4/h5-11,14H,12-13H2,1-4H3,(H,21,22). The van der Waals surface area contributed by atoms with Gasteiger partial charge in [-0.3, -0.25) is 4.79 Å². The highest BCUT2D eigenvalue weighted by molar-refractivity contribution is 6.06. The number of ether oxygens (including phenoxy) is 1. The van der Waals surface area contributed by atoms with Crippen LogP contribution in [0.25, 0.3) is 0 Å². The molecule has 3 heteroatoms. The lowest BCUT2D eigenvalue weighted by atomic mass is 10.1. The van der Waals surface area contributed by atoms with Crippen molar-refractivity contribution in [3.05, 3.63) is 59.2 Å². The van der Waals surface area contributed by atoms with Crippen LogP contribution in [0.2, 0.25) is 0 Å². The third-order valence-corrected chi connectivity index (χ3v) is 3.80. The molecule has 0 heterocycles. The van der Waals surface area contributed by atoms with Gasteiger partial charge < -0.3 is 10.1 Å². The molecule has 0 fully saturated rings. The third-order valence-electron chi connectivity index (χ3n) is 3.80. The first-order valence-electron chi connectivity index (χ1n) is 8.08. The van der Waals surface area contributed by atoms with Crippen LogP contribution in [0.4, 0.5) is 5.69 Å². The van der Waals surface area contributed by atoms with Gasteiger partial charge in [0.2, 0.25) is 0 Å². The zero-order valence-corrected chi connectivity index (χ0v) is 14.3. The molecule has 2 rings (SSSR count). The molecule has 0 atom stereocenters. The van der Waals surface area contributed by atoms with Crippen LogP contribution in [0.1, 0.15) is 41.8 Å². The Kier molecular flexibility index (Phi) is 5.80. The average Bonchev–Trinajstić information content (AvgIpc) is 2.51. The molecule has 0 spiro atoms. The Morgan fingerprint density at radius 1 is 1.04 bits per heavy atom. The third kappa shape index (κ3) is 4.59. The zero-order valence-electron chi connectivity index (χ0n) is 14.3. The summed E-state index contributed by atoms with van der Waals surface area (Å²) in [7, 11) is 0. The minimum absolute atomic E-state index is 0.137. The number of nitrogens with one attached hydrogen (secondary N) is 1. The van der Waals surface area contributed by atoms with E-state index in [0.717, 1.165) is 23.2 Å². The Bertz CT molecular complexity index is 657. The predicted molar refractivity (Wildman–Crippen MR) is 95.3 cm³/mol. The highest BCUT2D eigenvalue weighted by Gasteiger charge is 2.14. The maximum Gasteiger partial charge on any atom is 0.259 e. The summed E-state index contributed by atoms with van der Waals surface area (Å²) in [6, 6.07) is 13.4. The highest BCUT2D eigenvalue weighted by atomic mass is 16.5. The van der Waals surface area contributed by atoms with Gasteiger partial charge in [0.15, 0.2) is 0 Å². The largest absolute Gasteiger partial charge is 0.493 e. The van der Waals surface area contributed by atoms with E-state index in [0.29, 0.717) is 23.8 Å². The van der Waals surface area contributed by atoms with E-state index in [1.807, 2.05) is 50.2 Å². The monoisotopic (exact) mass is 311 g/mol. The molecule has 2 aromatic rings. The van der Waals surface area contributed by atoms with Crippen LogP contribution in [0.5, 0.6) is 5.75 Å². The van der Waals surface area contributed by atoms with Crippen LogP contribution in [0.3, 0.4) is 0 Å². The van der Waals surface area contributed by atoms with Gasteiger partial charge in [-0.05, 0) is 49.4 Å². The first kappa shape index (κ1) is 17.1. The quantitative estimate of drug-likeness (QED) is 0.817. The van der Waals surface area contributed by atoms with Gasteiger partial charge in [0.1, 0.15) is 5.75 Å². The summed E-state index contributed by atoms with van der Waals surface area (Å²) >= 11 is 0. The van der Waals surface area contributed by atoms with Crippen molar-refractivity contribution >= 4 is 11.6 Å². The van der Waals surface area contributed by atoms with Crippen molar-refractivity contribution in [3.63, 3.8) is 0 Å². The molecule has 0 aromatic heterocycles. The summed E-state index contributed by atoms with van der Waals surface area (Å²) in [5.74, 6) is 1.07. The van der Waals surface area contributed by atoms with Crippen LogP contribution in [0, 0.1) is 19.8 Å². The van der Waals surface area contributed by atoms with Crippen LogP contribution < -0.4 is 10.1 Å². The van der Waals surface area contributed by atoms with Crippen molar-refractivity contribution < 1.29 is 9.53 Å². The Morgan fingerprint density at radius 3 is 2.35 bits per heavy atom. The van der Waals surface area contributed by atoms with Gasteiger partial charge in [-0.25, -0.2) is 0 Å². The van der Waals surface area contributed by atoms with Crippen molar-refractivity contribution in [1.82, 2.24) is 0 Å². The molecule has 1 amide bonds. The number of anilines is 1. The molecule has 0 radical (unpaired) electrons. The van der Waals surface area contributed by atoms with Gasteiger partial charge in [-0.15, -0.1) is 0 Å². The van der Waals surface area contributed by atoms with Gasteiger partial charge >= 0.3 is 0 Å². The zero-order chi connectivity index (χ0) is 16.8. The van der Waals surface area contributed by atoms with Crippen molar-refractivity contribution in [3.8, 4) is 5.75 Å². The fourth-order valence-electron chi connectivity index (χ4n) is 2.38. The fraction of sp³-hybridized carbons (Fsp3) is 0.350. The minimum atomic E-state index is -0.137. The van der Waals surface area contributed by atoms with E-state index >= 15 is 0 Å². The second-order valence-corrected chi connectivity index (χ2v) is 6.25. The molecule has 3 nitrogen and oxygen atoms in total. The lowest BCUT2D eigenvalue weighted by molar-refractivity contribution is 0.102. The molecule has 0 aliphatic heterocycles. The van der Waals surface area contributed by atoms with E-state index in [1.54, 1.807) is 6.07 Å². The van der Waals surface area contributed by atoms with Gasteiger partial charge in [-0.2, -0.15) is 0 Å². The Balaban J connectivity index is 2.16. The van der Waals surface area contributed by atoms with Gasteiger partial charge in [0, 0.05) is 5.69 Å². The number of hydrogen-bond acceptors (Lipinski definition) is 2. The normalized spacial score (nSPS) is 10.7. The number of aryl methyl sites for hydroxylation is 2. The molecule has 23 heavy (non-hydrogen) atoms. The molecule has 2 aromatic carbocycles. The molecule has 122 valence electrons. The molecule has 0 aliphatic carbocycles. The van der Waals surface area contributed by atoms with Crippen molar-refractivity contribution in [2.45, 2.75) is 34.1 Å². The molecule has 0 bridgehead atoms. The lowest BCUT2D eigenvalue weighted by Crippen LogP contribution is -2.15. The van der Waals surface area contributed by atoms with E-state index < -0.39 is 0 Å². The van der Waals surface area contributed by atoms with Crippen LogP contribution in [-0.4, -0.2) is 12.5 Å². The van der Waals surface area contributed by atoms with E-state index in [1.165, 1.54) is 0 Å². The number of hydrogen-bond donors (Lipinski definition) is 1. The van der Waals surface area contributed by atoms with Gasteiger partial charge in [-0.1, -0.05) is 44.2 Å². The first-order chi connectivity index (χ1) is 11.0. The predicted octanol–water partition coefficient (Wildman–Crippen LogP) is 4.98. The number of amides is 1. The maximum atomic E-state index is 12.6. The average molecular weight is 311 g/mol. The van der Waals surface area contributed by atoms with Gasteiger partial charge in [0.25, 0.3) is 5.91 Å². The second kappa shape index (κ2) is 7.82. The number of carbonyl (C=O) groups is 1. The summed E-state index contributed by atoms with van der Waals surface area (Å²) in [4.78, 5) is 12.6. The second-order valence-electron chi connectivity index (χ2n) is 6.25. The molecule has 0 unspecified atom stereocenters. The lowest BCUT2D eigenvalue weighted by Gasteiger charge is -2.14. The summed E-state index contributed by atoms with van der Waals surface area (Å²) in [5.41, 5.74) is 3.54. The van der Waals surface area contributed by atoms with Crippen LogP contribution in [0.15, 0.2) is 42.5 Å². The van der Waals surface area contributed by atoms with E-state index in [2.05, 4.69) is 19.2 Å². The summed E-state index contributed by atoms with van der Waals surface area (Å²) in [5, 5.41) is 3.02. The smallest absolute Gasteiger partial charge is 0.259 e. The molecule has 0 saturated carbocycles. The van der Waals surface area contributed by atoms with Crippen molar-refractivity contribution in [2.24, 2.45) is 5.92 Å². The molecule has 1 N–H and O–H groups in total. The van der Waals surface area contributed by atoms with E-state index in [4.69, 9.17) is 4.74 Å². The summed E-state index contributed by atoms with van der Waals surface area (Å²) < 4.78 is 5.81. The van der Waals surface area contributed by atoms with Gasteiger partial charge in [0.05, 0.1) is 12.2 Å². The van der Waals surface area contributed by atoms with E-state index in [9.17, 15) is 4.79 Å². The Hall–Kier alpha value is -2.29. The first-order valence-corrected chi connectivity index (χ1v) is 8.08. The minimum Gasteiger partial charge on any atom is -0.493 e. The van der Waals surface area contributed by atoms with Crippen LogP contribution in [-0.2, 0) is 0 Å². The number of carbonyl (C=O) groups excluding carboxylic acids is 1. The highest BCUT2D eigenvalue weighted by Crippen LogP contribution is 2.24. The summed E-state index contributed by atoms with van der Waals surface area (Å²) in [6.45, 7) is 8.92. The molecular formula is C20H25NO2. The Labute approximate surface area is 138 Å². The SMILES string of the molecule is Cc1cccc(C)c1NC(=O)c1ccccc1OCCC(C)C. The van der Waals surface area contributed by atoms with Crippen molar-refractivity contribution in [1.29, 1.82) is 0 Å².